The Morgan fingerprint density at radius 2 is 1.60 bits per heavy atom. The maximum absolute atomic E-state index is 13.8. The Hall–Kier alpha value is -1.54. The fourth-order valence-electron chi connectivity index (χ4n) is 2.35. The molecule has 106 valence electrons. The summed E-state index contributed by atoms with van der Waals surface area (Å²) in [7, 11) is 0. The molecule has 0 bridgehead atoms. The number of halogens is 2. The molecule has 0 saturated carbocycles. The molecule has 0 atom stereocenters. The van der Waals surface area contributed by atoms with Crippen molar-refractivity contribution in [1.29, 1.82) is 0 Å². The number of hydrogen-bond donors (Lipinski definition) is 1. The summed E-state index contributed by atoms with van der Waals surface area (Å²) in [5, 5.41) is 3.82. The van der Waals surface area contributed by atoms with Gasteiger partial charge in [0.1, 0.15) is 5.82 Å². The van der Waals surface area contributed by atoms with Crippen molar-refractivity contribution in [2.75, 3.05) is 5.32 Å². The average molecular weight is 292 g/mol. The molecular formula is C17H19ClFN. The molecule has 2 rings (SSSR count). The summed E-state index contributed by atoms with van der Waals surface area (Å²) in [5.74, 6) is -0.267. The summed E-state index contributed by atoms with van der Waals surface area (Å²) < 4.78 is 13.8. The van der Waals surface area contributed by atoms with Crippen LogP contribution >= 0.6 is 11.6 Å². The van der Waals surface area contributed by atoms with Gasteiger partial charge in [-0.25, -0.2) is 4.39 Å². The van der Waals surface area contributed by atoms with E-state index in [-0.39, 0.29) is 5.82 Å². The molecule has 2 aromatic rings. The van der Waals surface area contributed by atoms with Crippen LogP contribution in [0.2, 0.25) is 5.02 Å². The predicted octanol–water partition coefficient (Wildman–Crippen LogP) is 5.22. The van der Waals surface area contributed by atoms with Crippen molar-refractivity contribution in [2.24, 2.45) is 0 Å². The number of anilines is 1. The normalized spacial score (nSPS) is 10.6. The summed E-state index contributed by atoms with van der Waals surface area (Å²) in [6.07, 6.45) is 1.89. The Labute approximate surface area is 124 Å². The van der Waals surface area contributed by atoms with E-state index < -0.39 is 0 Å². The smallest absolute Gasteiger partial charge is 0.129 e. The van der Waals surface area contributed by atoms with Gasteiger partial charge < -0.3 is 5.32 Å². The number of aryl methyl sites for hydroxylation is 2. The molecular weight excluding hydrogens is 273 g/mol. The lowest BCUT2D eigenvalue weighted by Crippen LogP contribution is -2.07. The van der Waals surface area contributed by atoms with Crippen molar-refractivity contribution in [3.05, 3.63) is 63.9 Å². The Kier molecular flexibility index (Phi) is 5.02. The number of nitrogens with one attached hydrogen (secondary N) is 1. The second-order valence-electron chi connectivity index (χ2n) is 4.71. The molecule has 0 fully saturated rings. The van der Waals surface area contributed by atoms with Gasteiger partial charge in [-0.1, -0.05) is 49.7 Å². The molecule has 0 unspecified atom stereocenters. The van der Waals surface area contributed by atoms with Gasteiger partial charge in [0.15, 0.2) is 0 Å². The molecule has 3 heteroatoms. The van der Waals surface area contributed by atoms with Crippen LogP contribution < -0.4 is 5.32 Å². The van der Waals surface area contributed by atoms with Crippen molar-refractivity contribution in [1.82, 2.24) is 0 Å². The van der Waals surface area contributed by atoms with Crippen molar-refractivity contribution in [3.63, 3.8) is 0 Å². The lowest BCUT2D eigenvalue weighted by molar-refractivity contribution is 0.613. The third-order valence-corrected chi connectivity index (χ3v) is 3.86. The fourth-order valence-corrected chi connectivity index (χ4v) is 2.58. The molecule has 1 nitrogen and oxygen atoms in total. The first-order valence-corrected chi connectivity index (χ1v) is 7.32. The minimum Gasteiger partial charge on any atom is -0.380 e. The fraction of sp³-hybridized carbons (Fsp3) is 0.294. The third-order valence-electron chi connectivity index (χ3n) is 3.50. The van der Waals surface area contributed by atoms with E-state index in [0.29, 0.717) is 17.1 Å². The van der Waals surface area contributed by atoms with Gasteiger partial charge in [0.05, 0.1) is 0 Å². The molecule has 0 aliphatic heterocycles. The summed E-state index contributed by atoms with van der Waals surface area (Å²) in [5.41, 5.74) is 4.12. The molecule has 2 aromatic carbocycles. The second kappa shape index (κ2) is 6.76. The van der Waals surface area contributed by atoms with E-state index in [1.807, 2.05) is 0 Å². The number of para-hydroxylation sites is 1. The third kappa shape index (κ3) is 3.13. The largest absolute Gasteiger partial charge is 0.380 e. The predicted molar refractivity (Wildman–Crippen MR) is 83.9 cm³/mol. The summed E-state index contributed by atoms with van der Waals surface area (Å²) in [6, 6.07) is 11.1. The monoisotopic (exact) mass is 291 g/mol. The summed E-state index contributed by atoms with van der Waals surface area (Å²) in [6.45, 7) is 4.64. The minimum absolute atomic E-state index is 0.267. The molecule has 0 saturated heterocycles. The van der Waals surface area contributed by atoms with Crippen molar-refractivity contribution in [3.8, 4) is 0 Å². The zero-order valence-corrected chi connectivity index (χ0v) is 12.6. The molecule has 0 heterocycles. The van der Waals surface area contributed by atoms with Gasteiger partial charge in [-0.15, -0.1) is 0 Å². The highest BCUT2D eigenvalue weighted by Gasteiger charge is 2.09. The highest BCUT2D eigenvalue weighted by atomic mass is 35.5. The number of rotatable bonds is 5. The first-order chi connectivity index (χ1) is 9.67. The first-order valence-electron chi connectivity index (χ1n) is 6.94. The van der Waals surface area contributed by atoms with E-state index in [2.05, 4.69) is 37.4 Å². The quantitative estimate of drug-likeness (QED) is 0.797. The maximum Gasteiger partial charge on any atom is 0.129 e. The zero-order valence-electron chi connectivity index (χ0n) is 11.8. The second-order valence-corrected chi connectivity index (χ2v) is 5.12. The molecule has 0 aliphatic rings. The summed E-state index contributed by atoms with van der Waals surface area (Å²) >= 11 is 6.06. The molecule has 0 aromatic heterocycles. The maximum atomic E-state index is 13.8. The van der Waals surface area contributed by atoms with E-state index in [0.717, 1.165) is 18.5 Å². The lowest BCUT2D eigenvalue weighted by Gasteiger charge is -2.16. The zero-order chi connectivity index (χ0) is 14.5. The first kappa shape index (κ1) is 14.9. The Bertz CT molecular complexity index is 553. The van der Waals surface area contributed by atoms with Crippen molar-refractivity contribution < 1.29 is 4.39 Å². The lowest BCUT2D eigenvalue weighted by atomic mass is 10.0. The molecule has 0 amide bonds. The SMILES string of the molecule is CCc1cccc(CC)c1NCc1c(F)cccc1Cl. The van der Waals surface area contributed by atoms with Crippen LogP contribution in [0.1, 0.15) is 30.5 Å². The number of hydrogen-bond acceptors (Lipinski definition) is 1. The van der Waals surface area contributed by atoms with Gasteiger partial charge in [0, 0.05) is 22.8 Å². The molecule has 0 radical (unpaired) electrons. The van der Waals surface area contributed by atoms with Crippen LogP contribution in [0, 0.1) is 5.82 Å². The molecule has 0 spiro atoms. The highest BCUT2D eigenvalue weighted by molar-refractivity contribution is 6.31. The van der Waals surface area contributed by atoms with Gasteiger partial charge in [0.2, 0.25) is 0 Å². The standard InChI is InChI=1S/C17H19ClFN/c1-3-12-7-5-8-13(4-2)17(12)20-11-14-15(18)9-6-10-16(14)19/h5-10,20H,3-4,11H2,1-2H3. The van der Waals surface area contributed by atoms with E-state index in [1.165, 1.54) is 17.2 Å². The van der Waals surface area contributed by atoms with Crippen molar-refractivity contribution >= 4 is 17.3 Å². The van der Waals surface area contributed by atoms with Gasteiger partial charge in [-0.2, -0.15) is 0 Å². The average Bonchev–Trinajstić information content (AvgIpc) is 2.46. The Balaban J connectivity index is 2.27. The van der Waals surface area contributed by atoms with Crippen LogP contribution in [0.3, 0.4) is 0 Å². The van der Waals surface area contributed by atoms with E-state index in [9.17, 15) is 4.39 Å². The molecule has 20 heavy (non-hydrogen) atoms. The van der Waals surface area contributed by atoms with Crippen LogP contribution in [0.15, 0.2) is 36.4 Å². The molecule has 0 aliphatic carbocycles. The van der Waals surface area contributed by atoms with Gasteiger partial charge in [-0.3, -0.25) is 0 Å². The minimum atomic E-state index is -0.267. The Morgan fingerprint density at radius 1 is 1.00 bits per heavy atom. The van der Waals surface area contributed by atoms with E-state index >= 15 is 0 Å². The van der Waals surface area contributed by atoms with Crippen LogP contribution in [0.4, 0.5) is 10.1 Å². The van der Waals surface area contributed by atoms with Crippen LogP contribution in [-0.2, 0) is 19.4 Å². The van der Waals surface area contributed by atoms with Crippen LogP contribution in [0.25, 0.3) is 0 Å². The van der Waals surface area contributed by atoms with Crippen molar-refractivity contribution in [2.45, 2.75) is 33.2 Å². The summed E-state index contributed by atoms with van der Waals surface area (Å²) in [4.78, 5) is 0. The van der Waals surface area contributed by atoms with Gasteiger partial charge in [0.25, 0.3) is 0 Å². The molecule has 1 N–H and O–H groups in total. The van der Waals surface area contributed by atoms with Gasteiger partial charge >= 0.3 is 0 Å². The van der Waals surface area contributed by atoms with E-state index in [4.69, 9.17) is 11.6 Å². The topological polar surface area (TPSA) is 12.0 Å². The van der Waals surface area contributed by atoms with Gasteiger partial charge in [-0.05, 0) is 36.1 Å². The van der Waals surface area contributed by atoms with Crippen LogP contribution in [-0.4, -0.2) is 0 Å². The highest BCUT2D eigenvalue weighted by Crippen LogP contribution is 2.25. The van der Waals surface area contributed by atoms with Crippen LogP contribution in [0.5, 0.6) is 0 Å². The number of benzene rings is 2. The van der Waals surface area contributed by atoms with E-state index in [1.54, 1.807) is 12.1 Å². The Morgan fingerprint density at radius 3 is 2.15 bits per heavy atom.